The maximum atomic E-state index is 12.9. The van der Waals surface area contributed by atoms with Crippen LogP contribution < -0.4 is 10.6 Å². The minimum atomic E-state index is -4.34. The lowest BCUT2D eigenvalue weighted by Crippen LogP contribution is -2.46. The maximum absolute atomic E-state index is 12.9. The molecule has 0 aliphatic carbocycles. The Kier molecular flexibility index (Phi) is 9.56. The van der Waals surface area contributed by atoms with E-state index in [4.69, 9.17) is 4.74 Å². The van der Waals surface area contributed by atoms with Crippen LogP contribution in [0, 0.1) is 0 Å². The molecule has 1 atom stereocenters. The van der Waals surface area contributed by atoms with Gasteiger partial charge in [-0.2, -0.15) is 18.3 Å². The lowest BCUT2D eigenvalue weighted by molar-refractivity contribution is -0.137. The summed E-state index contributed by atoms with van der Waals surface area (Å²) in [6.45, 7) is 3.69. The van der Waals surface area contributed by atoms with Gasteiger partial charge in [0.25, 0.3) is 0 Å². The Bertz CT molecular complexity index is 834. The number of rotatable bonds is 6. The van der Waals surface area contributed by atoms with Crippen molar-refractivity contribution in [1.29, 1.82) is 0 Å². The minimum Gasteiger partial charge on any atom is -0.379 e. The summed E-state index contributed by atoms with van der Waals surface area (Å²) in [4.78, 5) is 6.46. The molecule has 2 heterocycles. The van der Waals surface area contributed by atoms with Gasteiger partial charge in [0, 0.05) is 39.9 Å². The van der Waals surface area contributed by atoms with E-state index >= 15 is 0 Å². The molecule has 3 rings (SSSR count). The second kappa shape index (κ2) is 11.7. The summed E-state index contributed by atoms with van der Waals surface area (Å²) in [5.74, 6) is 0.612. The molecule has 172 valence electrons. The molecule has 0 saturated carbocycles. The van der Waals surface area contributed by atoms with Gasteiger partial charge < -0.3 is 15.4 Å². The van der Waals surface area contributed by atoms with Crippen molar-refractivity contribution in [3.8, 4) is 0 Å². The third-order valence-electron chi connectivity index (χ3n) is 5.16. The molecule has 1 unspecified atom stereocenters. The molecule has 0 radical (unpaired) electrons. The number of aliphatic imine (C=N–C) groups is 1. The minimum absolute atomic E-state index is 0. The number of nitrogens with zero attached hydrogens (tertiary/aromatic N) is 4. The number of nitrogens with one attached hydrogen (secondary N) is 2. The van der Waals surface area contributed by atoms with E-state index < -0.39 is 11.7 Å². The highest BCUT2D eigenvalue weighted by Gasteiger charge is 2.31. The highest BCUT2D eigenvalue weighted by atomic mass is 127. The number of ether oxygens (including phenoxy) is 1. The van der Waals surface area contributed by atoms with Crippen LogP contribution in [0.2, 0.25) is 0 Å². The predicted molar refractivity (Wildman–Crippen MR) is 123 cm³/mol. The first-order valence-electron chi connectivity index (χ1n) is 9.79. The number of benzene rings is 1. The largest absolute Gasteiger partial charge is 0.416 e. The first kappa shape index (κ1) is 25.4. The van der Waals surface area contributed by atoms with Gasteiger partial charge in [0.2, 0.25) is 0 Å². The number of guanidine groups is 1. The standard InChI is InChI=1S/C20H27F3N6O.HI/c1-24-19(25-13-17-7-8-27-28(17)2)26-14-18(29-9-11-30-12-10-29)15-3-5-16(6-4-15)20(21,22)23;/h3-8,18H,9-14H2,1-2H3,(H2,24,25,26);1H. The average Bonchev–Trinajstić information content (AvgIpc) is 3.15. The van der Waals surface area contributed by atoms with Gasteiger partial charge in [-0.05, 0) is 23.8 Å². The summed E-state index contributed by atoms with van der Waals surface area (Å²) in [6, 6.07) is 7.19. The van der Waals surface area contributed by atoms with E-state index in [0.29, 0.717) is 45.4 Å². The molecule has 11 heteroatoms. The Morgan fingerprint density at radius 3 is 2.39 bits per heavy atom. The molecular formula is C20H28F3IN6O. The van der Waals surface area contributed by atoms with E-state index in [-0.39, 0.29) is 30.0 Å². The Hall–Kier alpha value is -1.86. The summed E-state index contributed by atoms with van der Waals surface area (Å²) >= 11 is 0. The maximum Gasteiger partial charge on any atom is 0.416 e. The number of alkyl halides is 3. The van der Waals surface area contributed by atoms with Crippen molar-refractivity contribution in [3.63, 3.8) is 0 Å². The SMILES string of the molecule is CN=C(NCc1ccnn1C)NCC(c1ccc(C(F)(F)F)cc1)N1CCOCC1.I. The number of aromatic nitrogens is 2. The van der Waals surface area contributed by atoms with Crippen LogP contribution >= 0.6 is 24.0 Å². The number of halogens is 4. The zero-order valence-electron chi connectivity index (χ0n) is 17.5. The fraction of sp³-hybridized carbons (Fsp3) is 0.500. The number of hydrogen-bond donors (Lipinski definition) is 2. The van der Waals surface area contributed by atoms with Gasteiger partial charge in [-0.1, -0.05) is 12.1 Å². The van der Waals surface area contributed by atoms with E-state index in [2.05, 4.69) is 25.6 Å². The second-order valence-corrected chi connectivity index (χ2v) is 7.04. The monoisotopic (exact) mass is 552 g/mol. The Balaban J connectivity index is 0.00000341. The van der Waals surface area contributed by atoms with E-state index in [0.717, 1.165) is 23.4 Å². The fourth-order valence-corrected chi connectivity index (χ4v) is 3.40. The zero-order valence-corrected chi connectivity index (χ0v) is 19.9. The van der Waals surface area contributed by atoms with E-state index in [1.807, 2.05) is 13.1 Å². The van der Waals surface area contributed by atoms with E-state index in [1.165, 1.54) is 0 Å². The van der Waals surface area contributed by atoms with Gasteiger partial charge in [0.05, 0.1) is 37.1 Å². The normalized spacial score (nSPS) is 16.5. The van der Waals surface area contributed by atoms with Crippen molar-refractivity contribution in [1.82, 2.24) is 25.3 Å². The molecule has 2 N–H and O–H groups in total. The average molecular weight is 552 g/mol. The van der Waals surface area contributed by atoms with Crippen LogP contribution in [0.1, 0.15) is 22.9 Å². The molecule has 1 saturated heterocycles. The first-order valence-corrected chi connectivity index (χ1v) is 9.79. The molecule has 1 aromatic carbocycles. The van der Waals surface area contributed by atoms with Crippen molar-refractivity contribution < 1.29 is 17.9 Å². The van der Waals surface area contributed by atoms with Crippen LogP contribution in [0.15, 0.2) is 41.5 Å². The van der Waals surface area contributed by atoms with Crippen LogP contribution in [0.3, 0.4) is 0 Å². The summed E-state index contributed by atoms with van der Waals surface area (Å²) in [5.41, 5.74) is 1.18. The molecule has 0 spiro atoms. The molecule has 1 aliphatic rings. The highest BCUT2D eigenvalue weighted by Crippen LogP contribution is 2.31. The topological polar surface area (TPSA) is 66.7 Å². The molecule has 0 amide bonds. The Morgan fingerprint density at radius 2 is 1.84 bits per heavy atom. The summed E-state index contributed by atoms with van der Waals surface area (Å²) < 4.78 is 46.0. The van der Waals surface area contributed by atoms with Crippen molar-refractivity contribution in [2.75, 3.05) is 39.9 Å². The van der Waals surface area contributed by atoms with Crippen molar-refractivity contribution >= 4 is 29.9 Å². The molecule has 0 bridgehead atoms. The van der Waals surface area contributed by atoms with Crippen LogP contribution in [-0.2, 0) is 24.5 Å². The molecule has 31 heavy (non-hydrogen) atoms. The van der Waals surface area contributed by atoms with Crippen LogP contribution in [0.4, 0.5) is 13.2 Å². The van der Waals surface area contributed by atoms with Gasteiger partial charge in [-0.25, -0.2) is 0 Å². The van der Waals surface area contributed by atoms with Gasteiger partial charge in [0.15, 0.2) is 5.96 Å². The number of morpholine rings is 1. The van der Waals surface area contributed by atoms with Crippen molar-refractivity contribution in [2.24, 2.45) is 12.0 Å². The lowest BCUT2D eigenvalue weighted by atomic mass is 10.0. The van der Waals surface area contributed by atoms with Crippen molar-refractivity contribution in [2.45, 2.75) is 18.8 Å². The Morgan fingerprint density at radius 1 is 1.16 bits per heavy atom. The molecule has 2 aromatic rings. The van der Waals surface area contributed by atoms with E-state index in [1.54, 1.807) is 30.1 Å². The summed E-state index contributed by atoms with van der Waals surface area (Å²) in [5, 5.41) is 10.7. The molecular weight excluding hydrogens is 524 g/mol. The molecule has 7 nitrogen and oxygen atoms in total. The molecule has 1 aromatic heterocycles. The third kappa shape index (κ3) is 7.07. The van der Waals surface area contributed by atoms with Crippen LogP contribution in [0.25, 0.3) is 0 Å². The highest BCUT2D eigenvalue weighted by molar-refractivity contribution is 14.0. The summed E-state index contributed by atoms with van der Waals surface area (Å²) in [7, 11) is 3.55. The van der Waals surface area contributed by atoms with Crippen LogP contribution in [0.5, 0.6) is 0 Å². The number of aryl methyl sites for hydroxylation is 1. The first-order chi connectivity index (χ1) is 14.4. The van der Waals surface area contributed by atoms with Gasteiger partial charge in [-0.15, -0.1) is 24.0 Å². The molecule has 1 aliphatic heterocycles. The van der Waals surface area contributed by atoms with Gasteiger partial charge >= 0.3 is 6.18 Å². The quantitative estimate of drug-likeness (QED) is 0.328. The fourth-order valence-electron chi connectivity index (χ4n) is 3.40. The smallest absolute Gasteiger partial charge is 0.379 e. The van der Waals surface area contributed by atoms with Gasteiger partial charge in [-0.3, -0.25) is 14.6 Å². The second-order valence-electron chi connectivity index (χ2n) is 7.04. The van der Waals surface area contributed by atoms with Crippen LogP contribution in [-0.4, -0.2) is 60.5 Å². The van der Waals surface area contributed by atoms with E-state index in [9.17, 15) is 13.2 Å². The Labute approximate surface area is 197 Å². The number of hydrogen-bond acceptors (Lipinski definition) is 4. The molecule has 1 fully saturated rings. The lowest BCUT2D eigenvalue weighted by Gasteiger charge is -2.35. The van der Waals surface area contributed by atoms with Gasteiger partial charge in [0.1, 0.15) is 0 Å². The zero-order chi connectivity index (χ0) is 21.6. The summed E-state index contributed by atoms with van der Waals surface area (Å²) in [6.07, 6.45) is -2.62. The van der Waals surface area contributed by atoms with Crippen molar-refractivity contribution in [3.05, 3.63) is 53.3 Å². The third-order valence-corrected chi connectivity index (χ3v) is 5.16. The predicted octanol–water partition coefficient (Wildman–Crippen LogP) is 2.80.